The number of nitrogens with one attached hydrogen (secondary N) is 1. The Morgan fingerprint density at radius 3 is 2.59 bits per heavy atom. The highest BCUT2D eigenvalue weighted by Crippen LogP contribution is 2.23. The van der Waals surface area contributed by atoms with Gasteiger partial charge in [0.1, 0.15) is 0 Å². The third-order valence-corrected chi connectivity index (χ3v) is 2.68. The highest BCUT2D eigenvalue weighted by atomic mass is 35.5. The van der Waals surface area contributed by atoms with Crippen molar-refractivity contribution < 1.29 is 14.6 Å². The fraction of sp³-hybridized carbons (Fsp3) is 0.364. The number of aliphatic hydroxyl groups excluding tert-OH is 1. The molecular formula is C11H13Cl2NO3. The lowest BCUT2D eigenvalue weighted by molar-refractivity contribution is 0.0610. The molecule has 0 aromatic heterocycles. The van der Waals surface area contributed by atoms with Gasteiger partial charge in [-0.15, -0.1) is 0 Å². The zero-order valence-electron chi connectivity index (χ0n) is 9.24. The van der Waals surface area contributed by atoms with Crippen molar-refractivity contribution in [1.29, 1.82) is 0 Å². The van der Waals surface area contributed by atoms with Gasteiger partial charge in [0.2, 0.25) is 0 Å². The Labute approximate surface area is 109 Å². The molecule has 4 nitrogen and oxygen atoms in total. The molecule has 0 aliphatic rings. The van der Waals surface area contributed by atoms with Gasteiger partial charge < -0.3 is 15.2 Å². The summed E-state index contributed by atoms with van der Waals surface area (Å²) in [7, 11) is 1.47. The summed E-state index contributed by atoms with van der Waals surface area (Å²) in [6, 6.07) is 4.81. The van der Waals surface area contributed by atoms with Crippen molar-refractivity contribution >= 4 is 29.1 Å². The maximum absolute atomic E-state index is 11.8. The molecule has 0 bridgehead atoms. The molecule has 0 radical (unpaired) electrons. The van der Waals surface area contributed by atoms with Gasteiger partial charge in [0.15, 0.2) is 0 Å². The zero-order valence-corrected chi connectivity index (χ0v) is 10.8. The van der Waals surface area contributed by atoms with Crippen molar-refractivity contribution in [2.45, 2.75) is 6.10 Å². The van der Waals surface area contributed by atoms with Crippen molar-refractivity contribution in [2.24, 2.45) is 0 Å². The Kier molecular flexibility index (Phi) is 5.71. The highest BCUT2D eigenvalue weighted by Gasteiger charge is 2.15. The smallest absolute Gasteiger partial charge is 0.254 e. The topological polar surface area (TPSA) is 58.6 Å². The molecular weight excluding hydrogens is 265 g/mol. The number of ether oxygens (including phenoxy) is 1. The fourth-order valence-corrected chi connectivity index (χ4v) is 1.83. The monoisotopic (exact) mass is 277 g/mol. The van der Waals surface area contributed by atoms with Crippen LogP contribution in [0.1, 0.15) is 10.4 Å². The largest absolute Gasteiger partial charge is 0.389 e. The van der Waals surface area contributed by atoms with Gasteiger partial charge >= 0.3 is 0 Å². The number of amides is 1. The van der Waals surface area contributed by atoms with E-state index in [1.165, 1.54) is 7.11 Å². The molecule has 1 amide bonds. The van der Waals surface area contributed by atoms with E-state index < -0.39 is 12.0 Å². The first kappa shape index (κ1) is 14.3. The molecule has 94 valence electrons. The number of benzene rings is 1. The van der Waals surface area contributed by atoms with Crippen LogP contribution in [-0.2, 0) is 4.74 Å². The lowest BCUT2D eigenvalue weighted by Crippen LogP contribution is -2.34. The maximum atomic E-state index is 11.8. The van der Waals surface area contributed by atoms with Crippen molar-refractivity contribution in [2.75, 3.05) is 20.3 Å². The minimum Gasteiger partial charge on any atom is -0.389 e. The molecule has 0 aliphatic heterocycles. The highest BCUT2D eigenvalue weighted by molar-refractivity contribution is 6.39. The van der Waals surface area contributed by atoms with Gasteiger partial charge in [-0.25, -0.2) is 0 Å². The summed E-state index contributed by atoms with van der Waals surface area (Å²) >= 11 is 11.7. The Bertz CT molecular complexity index is 378. The summed E-state index contributed by atoms with van der Waals surface area (Å²) < 4.78 is 4.74. The molecule has 0 fully saturated rings. The van der Waals surface area contributed by atoms with Crippen LogP contribution < -0.4 is 5.32 Å². The van der Waals surface area contributed by atoms with Gasteiger partial charge in [0, 0.05) is 13.7 Å². The summed E-state index contributed by atoms with van der Waals surface area (Å²) in [6.07, 6.45) is -0.759. The van der Waals surface area contributed by atoms with Gasteiger partial charge in [0.25, 0.3) is 5.91 Å². The van der Waals surface area contributed by atoms with Crippen LogP contribution in [0.25, 0.3) is 0 Å². The van der Waals surface area contributed by atoms with Crippen LogP contribution in [0.2, 0.25) is 10.0 Å². The molecule has 1 aromatic rings. The normalized spacial score (nSPS) is 12.2. The molecule has 0 aliphatic carbocycles. The maximum Gasteiger partial charge on any atom is 0.254 e. The Morgan fingerprint density at radius 2 is 2.06 bits per heavy atom. The molecule has 1 rings (SSSR count). The van der Waals surface area contributed by atoms with E-state index in [1.54, 1.807) is 18.2 Å². The molecule has 2 N–H and O–H groups in total. The average Bonchev–Trinajstić information content (AvgIpc) is 2.26. The first-order valence-corrected chi connectivity index (χ1v) is 5.71. The van der Waals surface area contributed by atoms with E-state index in [0.717, 1.165) is 0 Å². The predicted molar refractivity (Wildman–Crippen MR) is 66.7 cm³/mol. The number of methoxy groups -OCH3 is 1. The van der Waals surface area contributed by atoms with E-state index in [1.807, 2.05) is 0 Å². The number of hydrogen-bond acceptors (Lipinski definition) is 3. The van der Waals surface area contributed by atoms with Crippen LogP contribution in [0, 0.1) is 0 Å². The van der Waals surface area contributed by atoms with Gasteiger partial charge in [-0.2, -0.15) is 0 Å². The van der Waals surface area contributed by atoms with Gasteiger partial charge in [-0.05, 0) is 12.1 Å². The van der Waals surface area contributed by atoms with Crippen LogP contribution >= 0.6 is 23.2 Å². The molecule has 6 heteroatoms. The lowest BCUT2D eigenvalue weighted by atomic mass is 10.2. The van der Waals surface area contributed by atoms with E-state index >= 15 is 0 Å². The summed E-state index contributed by atoms with van der Waals surface area (Å²) in [5.74, 6) is -0.421. The van der Waals surface area contributed by atoms with Crippen LogP contribution in [0.5, 0.6) is 0 Å². The number of rotatable bonds is 5. The van der Waals surface area contributed by atoms with E-state index in [2.05, 4.69) is 5.32 Å². The molecule has 17 heavy (non-hydrogen) atoms. The van der Waals surface area contributed by atoms with Crippen LogP contribution in [0.4, 0.5) is 0 Å². The SMILES string of the molecule is COCC(O)CNC(=O)c1c(Cl)cccc1Cl. The number of halogens is 2. The van der Waals surface area contributed by atoms with Gasteiger partial charge in [-0.3, -0.25) is 4.79 Å². The zero-order chi connectivity index (χ0) is 12.8. The van der Waals surface area contributed by atoms with Gasteiger partial charge in [0.05, 0.1) is 28.3 Å². The standard InChI is InChI=1S/C11H13Cl2NO3/c1-17-6-7(15)5-14-11(16)10-8(12)3-2-4-9(10)13/h2-4,7,15H,5-6H2,1H3,(H,14,16). The first-order valence-electron chi connectivity index (χ1n) is 4.95. The number of aliphatic hydroxyl groups is 1. The minimum atomic E-state index is -0.759. The van der Waals surface area contributed by atoms with E-state index in [-0.39, 0.29) is 28.8 Å². The summed E-state index contributed by atoms with van der Waals surface area (Å²) in [5.41, 5.74) is 0.209. The van der Waals surface area contributed by atoms with E-state index in [4.69, 9.17) is 27.9 Å². The second-order valence-electron chi connectivity index (χ2n) is 3.42. The Morgan fingerprint density at radius 1 is 1.47 bits per heavy atom. The number of carbonyl (C=O) groups is 1. The minimum absolute atomic E-state index is 0.0776. The number of hydrogen-bond donors (Lipinski definition) is 2. The lowest BCUT2D eigenvalue weighted by Gasteiger charge is -2.12. The van der Waals surface area contributed by atoms with Crippen molar-refractivity contribution in [1.82, 2.24) is 5.32 Å². The molecule has 1 aromatic carbocycles. The Balaban J connectivity index is 2.64. The van der Waals surface area contributed by atoms with E-state index in [9.17, 15) is 9.90 Å². The van der Waals surface area contributed by atoms with Crippen LogP contribution in [0.15, 0.2) is 18.2 Å². The number of carbonyl (C=O) groups excluding carboxylic acids is 1. The molecule has 1 unspecified atom stereocenters. The predicted octanol–water partition coefficient (Wildman–Crippen LogP) is 1.73. The molecule has 0 spiro atoms. The van der Waals surface area contributed by atoms with Crippen molar-refractivity contribution in [3.8, 4) is 0 Å². The summed E-state index contributed by atoms with van der Waals surface area (Å²) in [5, 5.41) is 12.5. The third-order valence-electron chi connectivity index (χ3n) is 2.05. The quantitative estimate of drug-likeness (QED) is 0.862. The van der Waals surface area contributed by atoms with Crippen LogP contribution in [-0.4, -0.2) is 37.4 Å². The van der Waals surface area contributed by atoms with Crippen LogP contribution in [0.3, 0.4) is 0 Å². The summed E-state index contributed by atoms with van der Waals surface area (Å²) in [4.78, 5) is 11.8. The average molecular weight is 278 g/mol. The molecule has 0 saturated carbocycles. The third kappa shape index (κ3) is 4.16. The second kappa shape index (κ2) is 6.81. The van der Waals surface area contributed by atoms with Crippen molar-refractivity contribution in [3.63, 3.8) is 0 Å². The van der Waals surface area contributed by atoms with Crippen molar-refractivity contribution in [3.05, 3.63) is 33.8 Å². The van der Waals surface area contributed by atoms with E-state index in [0.29, 0.717) is 0 Å². The Hall–Kier alpha value is -0.810. The summed E-state index contributed by atoms with van der Waals surface area (Å²) in [6.45, 7) is 0.227. The fourth-order valence-electron chi connectivity index (χ4n) is 1.26. The van der Waals surface area contributed by atoms with Gasteiger partial charge in [-0.1, -0.05) is 29.3 Å². The molecule has 1 atom stereocenters. The first-order chi connectivity index (χ1) is 8.06. The molecule has 0 heterocycles. The second-order valence-corrected chi connectivity index (χ2v) is 4.23. The molecule has 0 saturated heterocycles.